The third kappa shape index (κ3) is 1.64. The molecule has 4 heteroatoms. The van der Waals surface area contributed by atoms with Crippen LogP contribution in [0.2, 0.25) is 0 Å². The topological polar surface area (TPSA) is 42.2 Å². The number of fused-ring (bicyclic) bond motifs is 1. The molecule has 0 saturated heterocycles. The van der Waals surface area contributed by atoms with E-state index < -0.39 is 0 Å². The molecular formula is C9H13N3S. The van der Waals surface area contributed by atoms with Gasteiger partial charge in [-0.1, -0.05) is 11.9 Å². The van der Waals surface area contributed by atoms with E-state index in [1.165, 1.54) is 11.1 Å². The third-order valence-electron chi connectivity index (χ3n) is 2.41. The molecule has 13 heavy (non-hydrogen) atoms. The monoisotopic (exact) mass is 195 g/mol. The molecule has 2 rings (SSSR count). The lowest BCUT2D eigenvalue weighted by Gasteiger charge is -2.26. The Bertz CT molecular complexity index is 314. The Morgan fingerprint density at radius 1 is 1.62 bits per heavy atom. The van der Waals surface area contributed by atoms with Gasteiger partial charge in [-0.05, 0) is 24.3 Å². The number of nitrogens with two attached hydrogens (primary N) is 1. The predicted octanol–water partition coefficient (Wildman–Crippen LogP) is 1.30. The summed E-state index contributed by atoms with van der Waals surface area (Å²) in [6, 6.07) is 2.07. The number of nitrogens with zero attached hydrogens (tertiary/aromatic N) is 2. The fraction of sp³-hybridized carbons (Fsp3) is 0.444. The predicted molar refractivity (Wildman–Crippen MR) is 56.3 cm³/mol. The Kier molecular flexibility index (Phi) is 2.42. The number of hydrogen-bond donors (Lipinski definition) is 1. The van der Waals surface area contributed by atoms with Crippen LogP contribution in [0.1, 0.15) is 11.1 Å². The minimum atomic E-state index is 0.691. The van der Waals surface area contributed by atoms with Gasteiger partial charge >= 0.3 is 0 Å². The second-order valence-corrected chi connectivity index (χ2v) is 4.01. The molecule has 0 saturated carbocycles. The third-order valence-corrected chi connectivity index (χ3v) is 3.24. The fourth-order valence-corrected chi connectivity index (χ4v) is 2.16. The van der Waals surface area contributed by atoms with E-state index in [9.17, 15) is 0 Å². The Hall–Kier alpha value is -0.740. The van der Waals surface area contributed by atoms with E-state index in [4.69, 9.17) is 5.73 Å². The highest BCUT2D eigenvalue weighted by Crippen LogP contribution is 2.25. The van der Waals surface area contributed by atoms with E-state index in [1.54, 1.807) is 18.1 Å². The Balaban J connectivity index is 2.32. The van der Waals surface area contributed by atoms with E-state index in [1.807, 2.05) is 0 Å². The van der Waals surface area contributed by atoms with Crippen LogP contribution in [0.15, 0.2) is 12.3 Å². The molecule has 2 N–H and O–H groups in total. The van der Waals surface area contributed by atoms with Crippen molar-refractivity contribution in [3.05, 3.63) is 23.4 Å². The number of hydrogen-bond acceptors (Lipinski definition) is 4. The average molecular weight is 195 g/mol. The first-order chi connectivity index (χ1) is 6.31. The Morgan fingerprint density at radius 2 is 2.46 bits per heavy atom. The molecule has 2 heterocycles. The zero-order chi connectivity index (χ0) is 9.26. The summed E-state index contributed by atoms with van der Waals surface area (Å²) in [5.41, 5.74) is 8.38. The highest BCUT2D eigenvalue weighted by Gasteiger charge is 2.17. The van der Waals surface area contributed by atoms with Crippen molar-refractivity contribution in [2.75, 3.05) is 18.5 Å². The summed E-state index contributed by atoms with van der Waals surface area (Å²) in [5.74, 6) is 0.691. The standard InChI is InChI=1S/C9H13N3S/c1-13-12-5-3-7-2-4-11-9(10)8(7)6-12/h2,4H,3,5-6H2,1H3,(H2,10,11). The number of nitrogen functional groups attached to an aromatic ring is 1. The fourth-order valence-electron chi connectivity index (χ4n) is 1.62. The molecule has 0 aliphatic carbocycles. The number of anilines is 1. The van der Waals surface area contributed by atoms with E-state index in [-0.39, 0.29) is 0 Å². The van der Waals surface area contributed by atoms with Crippen LogP contribution < -0.4 is 5.73 Å². The largest absolute Gasteiger partial charge is 0.383 e. The van der Waals surface area contributed by atoms with Crippen LogP contribution in [-0.2, 0) is 13.0 Å². The molecule has 0 atom stereocenters. The molecule has 0 fully saturated rings. The molecule has 0 bridgehead atoms. The van der Waals surface area contributed by atoms with Gasteiger partial charge in [-0.15, -0.1) is 0 Å². The molecule has 1 aliphatic heterocycles. The second-order valence-electron chi connectivity index (χ2n) is 3.13. The number of pyridine rings is 1. The minimum Gasteiger partial charge on any atom is -0.383 e. The van der Waals surface area contributed by atoms with Crippen LogP contribution >= 0.6 is 11.9 Å². The van der Waals surface area contributed by atoms with Gasteiger partial charge in [-0.25, -0.2) is 9.29 Å². The quantitative estimate of drug-likeness (QED) is 0.686. The zero-order valence-corrected chi connectivity index (χ0v) is 8.47. The highest BCUT2D eigenvalue weighted by atomic mass is 32.2. The van der Waals surface area contributed by atoms with Gasteiger partial charge < -0.3 is 5.73 Å². The molecule has 0 radical (unpaired) electrons. The maximum atomic E-state index is 5.81. The highest BCUT2D eigenvalue weighted by molar-refractivity contribution is 7.96. The minimum absolute atomic E-state index is 0.691. The van der Waals surface area contributed by atoms with Crippen LogP contribution in [0, 0.1) is 0 Å². The summed E-state index contributed by atoms with van der Waals surface area (Å²) in [4.78, 5) is 4.10. The number of rotatable bonds is 1. The second kappa shape index (κ2) is 3.55. The smallest absolute Gasteiger partial charge is 0.128 e. The van der Waals surface area contributed by atoms with Crippen LogP contribution in [0.25, 0.3) is 0 Å². The average Bonchev–Trinajstić information content (AvgIpc) is 2.18. The lowest BCUT2D eigenvalue weighted by atomic mass is 10.0. The van der Waals surface area contributed by atoms with Crippen LogP contribution in [-0.4, -0.2) is 22.1 Å². The molecule has 1 aliphatic rings. The molecule has 0 amide bonds. The molecule has 3 nitrogen and oxygen atoms in total. The van der Waals surface area contributed by atoms with Gasteiger partial charge in [0.25, 0.3) is 0 Å². The summed E-state index contributed by atoms with van der Waals surface area (Å²) in [6.07, 6.45) is 4.98. The summed E-state index contributed by atoms with van der Waals surface area (Å²) < 4.78 is 2.31. The van der Waals surface area contributed by atoms with E-state index in [2.05, 4.69) is 21.6 Å². The molecule has 0 aromatic carbocycles. The van der Waals surface area contributed by atoms with Gasteiger partial charge in [0.15, 0.2) is 0 Å². The summed E-state index contributed by atoms with van der Waals surface area (Å²) >= 11 is 1.77. The summed E-state index contributed by atoms with van der Waals surface area (Å²) in [5, 5.41) is 0. The summed E-state index contributed by atoms with van der Waals surface area (Å²) in [7, 11) is 0. The molecule has 1 aromatic heterocycles. The van der Waals surface area contributed by atoms with Gasteiger partial charge in [0, 0.05) is 24.8 Å². The summed E-state index contributed by atoms with van der Waals surface area (Å²) in [6.45, 7) is 2.04. The Morgan fingerprint density at radius 3 is 3.23 bits per heavy atom. The van der Waals surface area contributed by atoms with E-state index >= 15 is 0 Å². The van der Waals surface area contributed by atoms with Crippen molar-refractivity contribution >= 4 is 17.8 Å². The van der Waals surface area contributed by atoms with Crippen molar-refractivity contribution in [1.82, 2.24) is 9.29 Å². The van der Waals surface area contributed by atoms with E-state index in [0.29, 0.717) is 5.82 Å². The van der Waals surface area contributed by atoms with Gasteiger partial charge in [-0.2, -0.15) is 0 Å². The lowest BCUT2D eigenvalue weighted by Crippen LogP contribution is -2.25. The van der Waals surface area contributed by atoms with Crippen molar-refractivity contribution in [2.45, 2.75) is 13.0 Å². The molecule has 0 unspecified atom stereocenters. The Labute approximate surface area is 82.5 Å². The SMILES string of the molecule is CSN1CCc2ccnc(N)c2C1. The van der Waals surface area contributed by atoms with E-state index in [0.717, 1.165) is 19.5 Å². The first kappa shape index (κ1) is 8.84. The van der Waals surface area contributed by atoms with Crippen LogP contribution in [0.3, 0.4) is 0 Å². The van der Waals surface area contributed by atoms with Crippen molar-refractivity contribution in [1.29, 1.82) is 0 Å². The van der Waals surface area contributed by atoms with Gasteiger partial charge in [0.05, 0.1) is 0 Å². The van der Waals surface area contributed by atoms with Crippen LogP contribution in [0.4, 0.5) is 5.82 Å². The van der Waals surface area contributed by atoms with Gasteiger partial charge in [-0.3, -0.25) is 0 Å². The van der Waals surface area contributed by atoms with Crippen molar-refractivity contribution in [3.63, 3.8) is 0 Å². The zero-order valence-electron chi connectivity index (χ0n) is 7.66. The normalized spacial score (nSPS) is 17.0. The first-order valence-corrected chi connectivity index (χ1v) is 5.50. The molecule has 70 valence electrons. The van der Waals surface area contributed by atoms with Crippen LogP contribution in [0.5, 0.6) is 0 Å². The van der Waals surface area contributed by atoms with Crippen molar-refractivity contribution in [2.24, 2.45) is 0 Å². The molecule has 0 spiro atoms. The lowest BCUT2D eigenvalue weighted by molar-refractivity contribution is 0.446. The molecule has 1 aromatic rings. The molecular weight excluding hydrogens is 182 g/mol. The van der Waals surface area contributed by atoms with Gasteiger partial charge in [0.2, 0.25) is 0 Å². The van der Waals surface area contributed by atoms with Crippen molar-refractivity contribution in [3.8, 4) is 0 Å². The van der Waals surface area contributed by atoms with Crippen molar-refractivity contribution < 1.29 is 0 Å². The first-order valence-electron chi connectivity index (χ1n) is 4.32. The van der Waals surface area contributed by atoms with Gasteiger partial charge in [0.1, 0.15) is 5.82 Å². The maximum absolute atomic E-state index is 5.81. The maximum Gasteiger partial charge on any atom is 0.128 e. The number of aromatic nitrogens is 1.